The second-order valence-corrected chi connectivity index (χ2v) is 5.11. The molecule has 19 heavy (non-hydrogen) atoms. The molecule has 1 amide bonds. The number of hydrogen-bond acceptors (Lipinski definition) is 4. The fraction of sp³-hybridized carbons (Fsp3) is 0.462. The Bertz CT molecular complexity index is 504. The third-order valence-electron chi connectivity index (χ3n) is 3.62. The van der Waals surface area contributed by atoms with Crippen LogP contribution in [0.3, 0.4) is 0 Å². The predicted molar refractivity (Wildman–Crippen MR) is 73.6 cm³/mol. The molecule has 1 aromatic rings. The summed E-state index contributed by atoms with van der Waals surface area (Å²) in [6.45, 7) is 1.48. The van der Waals surface area contributed by atoms with Crippen LogP contribution in [0.5, 0.6) is 0 Å². The average molecular weight is 266 g/mol. The molecule has 1 heterocycles. The maximum atomic E-state index is 14.0. The molecule has 0 radical (unpaired) electrons. The maximum absolute atomic E-state index is 14.0. The van der Waals surface area contributed by atoms with E-state index in [1.165, 1.54) is 12.1 Å². The van der Waals surface area contributed by atoms with Gasteiger partial charge in [0, 0.05) is 24.8 Å². The molecule has 1 atom stereocenters. The molecule has 0 aromatic heterocycles. The summed E-state index contributed by atoms with van der Waals surface area (Å²) in [5, 5.41) is 0. The van der Waals surface area contributed by atoms with Gasteiger partial charge >= 0.3 is 0 Å². The molecule has 1 saturated heterocycles. The van der Waals surface area contributed by atoms with Crippen LogP contribution in [0.25, 0.3) is 0 Å². The Morgan fingerprint density at radius 2 is 2.16 bits per heavy atom. The van der Waals surface area contributed by atoms with Crippen LogP contribution in [0.2, 0.25) is 0 Å². The van der Waals surface area contributed by atoms with Gasteiger partial charge in [0.25, 0.3) is 5.91 Å². The van der Waals surface area contributed by atoms with Crippen LogP contribution in [0, 0.1) is 5.82 Å². The quantitative estimate of drug-likeness (QED) is 0.788. The van der Waals surface area contributed by atoms with Crippen molar-refractivity contribution in [3.05, 3.63) is 23.5 Å². The molecule has 1 aromatic carbocycles. The number of primary amides is 1. The number of likely N-dealkylation sites (N-methyl/N-ethyl adjacent to an activating group) is 1. The Balaban J connectivity index is 2.30. The van der Waals surface area contributed by atoms with Crippen molar-refractivity contribution in [3.63, 3.8) is 0 Å². The normalized spacial score (nSPS) is 19.2. The predicted octanol–water partition coefficient (Wildman–Crippen LogP) is 0.647. The molecule has 6 heteroatoms. The van der Waals surface area contributed by atoms with Gasteiger partial charge in [0.2, 0.25) is 0 Å². The van der Waals surface area contributed by atoms with Crippen molar-refractivity contribution in [3.8, 4) is 0 Å². The minimum Gasteiger partial charge on any atom is -0.398 e. The van der Waals surface area contributed by atoms with Crippen molar-refractivity contribution in [2.45, 2.75) is 12.5 Å². The van der Waals surface area contributed by atoms with E-state index in [1.807, 2.05) is 19.0 Å². The summed E-state index contributed by atoms with van der Waals surface area (Å²) in [5.41, 5.74) is 11.5. The monoisotopic (exact) mass is 266 g/mol. The standard InChI is InChI=1S/C13H19FN4O/c1-17(2)8-3-4-18(7-8)12-5-9(13(16)19)11(15)6-10(12)14/h5-6,8H,3-4,7,15H2,1-2H3,(H2,16,19). The van der Waals surface area contributed by atoms with Crippen LogP contribution < -0.4 is 16.4 Å². The van der Waals surface area contributed by atoms with Crippen LogP contribution in [0.4, 0.5) is 15.8 Å². The Morgan fingerprint density at radius 1 is 1.47 bits per heavy atom. The van der Waals surface area contributed by atoms with E-state index in [0.717, 1.165) is 19.5 Å². The lowest BCUT2D eigenvalue weighted by molar-refractivity contribution is 0.100. The van der Waals surface area contributed by atoms with Gasteiger partial charge in [0.15, 0.2) is 0 Å². The molecule has 4 N–H and O–H groups in total. The first-order valence-electron chi connectivity index (χ1n) is 6.20. The van der Waals surface area contributed by atoms with Crippen LogP contribution in [0.15, 0.2) is 12.1 Å². The van der Waals surface area contributed by atoms with Crippen LogP contribution in [-0.4, -0.2) is 44.0 Å². The molecule has 1 unspecified atom stereocenters. The number of anilines is 2. The molecular formula is C13H19FN4O. The first-order valence-corrected chi connectivity index (χ1v) is 6.20. The van der Waals surface area contributed by atoms with Gasteiger partial charge in [0.1, 0.15) is 5.82 Å². The molecule has 1 fully saturated rings. The second kappa shape index (κ2) is 5.05. The summed E-state index contributed by atoms with van der Waals surface area (Å²) in [5.74, 6) is -1.05. The summed E-state index contributed by atoms with van der Waals surface area (Å²) in [6, 6.07) is 3.00. The summed E-state index contributed by atoms with van der Waals surface area (Å²) in [4.78, 5) is 15.3. The molecule has 1 aliphatic heterocycles. The molecular weight excluding hydrogens is 247 g/mol. The minimum atomic E-state index is -0.637. The first-order chi connectivity index (χ1) is 8.90. The lowest BCUT2D eigenvalue weighted by atomic mass is 10.1. The second-order valence-electron chi connectivity index (χ2n) is 5.11. The highest BCUT2D eigenvalue weighted by atomic mass is 19.1. The zero-order chi connectivity index (χ0) is 14.2. The zero-order valence-corrected chi connectivity index (χ0v) is 11.2. The SMILES string of the molecule is CN(C)C1CCN(c2cc(C(N)=O)c(N)cc2F)C1. The van der Waals surface area contributed by atoms with Crippen molar-refractivity contribution in [1.29, 1.82) is 0 Å². The smallest absolute Gasteiger partial charge is 0.250 e. The Hall–Kier alpha value is -1.82. The third-order valence-corrected chi connectivity index (χ3v) is 3.62. The van der Waals surface area contributed by atoms with Crippen LogP contribution >= 0.6 is 0 Å². The lowest BCUT2D eigenvalue weighted by Crippen LogP contribution is -2.31. The van der Waals surface area contributed by atoms with Crippen molar-refractivity contribution in [2.24, 2.45) is 5.73 Å². The van der Waals surface area contributed by atoms with E-state index in [1.54, 1.807) is 0 Å². The van der Waals surface area contributed by atoms with Crippen molar-refractivity contribution in [2.75, 3.05) is 37.8 Å². The number of benzene rings is 1. The highest BCUT2D eigenvalue weighted by Crippen LogP contribution is 2.28. The largest absolute Gasteiger partial charge is 0.398 e. The van der Waals surface area contributed by atoms with Gasteiger partial charge < -0.3 is 21.3 Å². The van der Waals surface area contributed by atoms with Crippen LogP contribution in [-0.2, 0) is 0 Å². The highest BCUT2D eigenvalue weighted by molar-refractivity contribution is 5.99. The number of rotatable bonds is 3. The van der Waals surface area contributed by atoms with Crippen molar-refractivity contribution in [1.82, 2.24) is 4.90 Å². The topological polar surface area (TPSA) is 75.6 Å². The maximum Gasteiger partial charge on any atom is 0.250 e. The molecule has 5 nitrogen and oxygen atoms in total. The van der Waals surface area contributed by atoms with E-state index in [-0.39, 0.29) is 11.3 Å². The van der Waals surface area contributed by atoms with Gasteiger partial charge in [-0.3, -0.25) is 4.79 Å². The van der Waals surface area contributed by atoms with Crippen molar-refractivity contribution >= 4 is 17.3 Å². The van der Waals surface area contributed by atoms with E-state index in [9.17, 15) is 9.18 Å². The minimum absolute atomic E-state index is 0.0807. The molecule has 0 bridgehead atoms. The zero-order valence-electron chi connectivity index (χ0n) is 11.2. The average Bonchev–Trinajstić information content (AvgIpc) is 2.77. The molecule has 0 spiro atoms. The van der Waals surface area contributed by atoms with Gasteiger partial charge in [-0.05, 0) is 32.6 Å². The number of hydrogen-bond donors (Lipinski definition) is 2. The van der Waals surface area contributed by atoms with Gasteiger partial charge in [0.05, 0.1) is 11.3 Å². The summed E-state index contributed by atoms with van der Waals surface area (Å²) in [7, 11) is 4.00. The summed E-state index contributed by atoms with van der Waals surface area (Å²) in [6.07, 6.45) is 0.961. The number of nitrogens with two attached hydrogens (primary N) is 2. The third kappa shape index (κ3) is 2.63. The number of halogens is 1. The lowest BCUT2D eigenvalue weighted by Gasteiger charge is -2.23. The van der Waals surface area contributed by atoms with Crippen molar-refractivity contribution < 1.29 is 9.18 Å². The van der Waals surface area contributed by atoms with E-state index >= 15 is 0 Å². The first kappa shape index (κ1) is 13.6. The van der Waals surface area contributed by atoms with Gasteiger partial charge in [-0.2, -0.15) is 0 Å². The number of nitrogens with zero attached hydrogens (tertiary/aromatic N) is 2. The van der Waals surface area contributed by atoms with E-state index in [2.05, 4.69) is 4.90 Å². The Kier molecular flexibility index (Phi) is 3.61. The number of nitrogen functional groups attached to an aromatic ring is 1. The molecule has 1 aliphatic rings. The Labute approximate surface area is 112 Å². The molecule has 0 aliphatic carbocycles. The number of carbonyl (C=O) groups is 1. The fourth-order valence-electron chi connectivity index (χ4n) is 2.42. The Morgan fingerprint density at radius 3 is 2.68 bits per heavy atom. The fourth-order valence-corrected chi connectivity index (χ4v) is 2.42. The highest BCUT2D eigenvalue weighted by Gasteiger charge is 2.26. The van der Waals surface area contributed by atoms with Crippen LogP contribution in [0.1, 0.15) is 16.8 Å². The van der Waals surface area contributed by atoms with E-state index in [4.69, 9.17) is 11.5 Å². The number of carbonyl (C=O) groups excluding carboxylic acids is 1. The molecule has 0 saturated carbocycles. The van der Waals surface area contributed by atoms with Gasteiger partial charge in [-0.1, -0.05) is 0 Å². The van der Waals surface area contributed by atoms with E-state index in [0.29, 0.717) is 11.7 Å². The molecule has 104 valence electrons. The number of amides is 1. The summed E-state index contributed by atoms with van der Waals surface area (Å²) < 4.78 is 14.0. The van der Waals surface area contributed by atoms with Gasteiger partial charge in [-0.25, -0.2) is 4.39 Å². The van der Waals surface area contributed by atoms with Gasteiger partial charge in [-0.15, -0.1) is 0 Å². The molecule has 2 rings (SSSR count). The van der Waals surface area contributed by atoms with E-state index < -0.39 is 11.7 Å². The summed E-state index contributed by atoms with van der Waals surface area (Å²) >= 11 is 0.